The zero-order chi connectivity index (χ0) is 13.7. The van der Waals surface area contributed by atoms with E-state index in [1.807, 2.05) is 20.8 Å². The van der Waals surface area contributed by atoms with Crippen molar-refractivity contribution in [2.45, 2.75) is 51.8 Å². The second-order valence-corrected chi connectivity index (χ2v) is 5.04. The van der Waals surface area contributed by atoms with Gasteiger partial charge >= 0.3 is 12.0 Å². The summed E-state index contributed by atoms with van der Waals surface area (Å²) < 4.78 is 5.35. The van der Waals surface area contributed by atoms with Gasteiger partial charge in [-0.05, 0) is 19.3 Å². The van der Waals surface area contributed by atoms with Crippen molar-refractivity contribution in [1.82, 2.24) is 10.6 Å². The molecular weight excluding hydrogens is 236 g/mol. The first-order valence-electron chi connectivity index (χ1n) is 6.30. The molecular formula is C12H22N2O4. The van der Waals surface area contributed by atoms with Gasteiger partial charge in [0.2, 0.25) is 0 Å². The topological polar surface area (TPSA) is 87.7 Å². The quantitative estimate of drug-likeness (QED) is 0.685. The molecule has 6 nitrogen and oxygen atoms in total. The number of rotatable bonds is 5. The fourth-order valence-corrected chi connectivity index (χ4v) is 1.94. The fourth-order valence-electron chi connectivity index (χ4n) is 1.94. The van der Waals surface area contributed by atoms with Gasteiger partial charge in [0.05, 0.1) is 18.6 Å². The molecule has 3 unspecified atom stereocenters. The molecule has 0 saturated carbocycles. The number of carbonyl (C=O) groups is 2. The second-order valence-electron chi connectivity index (χ2n) is 5.04. The average molecular weight is 258 g/mol. The minimum absolute atomic E-state index is 0.00244. The van der Waals surface area contributed by atoms with Gasteiger partial charge in [-0.3, -0.25) is 4.79 Å². The molecule has 18 heavy (non-hydrogen) atoms. The smallest absolute Gasteiger partial charge is 0.315 e. The Balaban J connectivity index is 2.43. The average Bonchev–Trinajstić information content (AvgIpc) is 2.62. The third-order valence-electron chi connectivity index (χ3n) is 3.21. The maximum atomic E-state index is 11.8. The van der Waals surface area contributed by atoms with Crippen LogP contribution in [0.1, 0.15) is 33.6 Å². The van der Waals surface area contributed by atoms with E-state index in [0.29, 0.717) is 6.61 Å². The minimum Gasteiger partial charge on any atom is -0.481 e. The Morgan fingerprint density at radius 3 is 2.56 bits per heavy atom. The molecule has 0 aliphatic carbocycles. The van der Waals surface area contributed by atoms with Crippen molar-refractivity contribution < 1.29 is 19.4 Å². The summed E-state index contributed by atoms with van der Waals surface area (Å²) in [5.74, 6) is -0.837. The van der Waals surface area contributed by atoms with Gasteiger partial charge in [0.1, 0.15) is 0 Å². The summed E-state index contributed by atoms with van der Waals surface area (Å²) in [7, 11) is 0. The number of urea groups is 1. The van der Waals surface area contributed by atoms with E-state index in [-0.39, 0.29) is 36.6 Å². The van der Waals surface area contributed by atoms with Gasteiger partial charge in [-0.15, -0.1) is 0 Å². The third-order valence-corrected chi connectivity index (χ3v) is 3.21. The van der Waals surface area contributed by atoms with E-state index in [4.69, 9.17) is 9.84 Å². The normalized spacial score (nSPS) is 24.9. The van der Waals surface area contributed by atoms with Gasteiger partial charge in [0.15, 0.2) is 0 Å². The summed E-state index contributed by atoms with van der Waals surface area (Å²) in [5.41, 5.74) is 0. The molecule has 3 N–H and O–H groups in total. The summed E-state index contributed by atoms with van der Waals surface area (Å²) >= 11 is 0. The third kappa shape index (κ3) is 4.52. The van der Waals surface area contributed by atoms with Gasteiger partial charge in [-0.1, -0.05) is 13.8 Å². The highest BCUT2D eigenvalue weighted by Gasteiger charge is 2.27. The molecule has 0 aromatic carbocycles. The number of carbonyl (C=O) groups excluding carboxylic acids is 1. The van der Waals surface area contributed by atoms with Crippen molar-refractivity contribution in [3.05, 3.63) is 0 Å². The molecule has 1 rings (SSSR count). The number of nitrogens with one attached hydrogen (secondary N) is 2. The molecule has 0 spiro atoms. The van der Waals surface area contributed by atoms with E-state index >= 15 is 0 Å². The lowest BCUT2D eigenvalue weighted by atomic mass is 10.0. The largest absolute Gasteiger partial charge is 0.481 e. The van der Waals surface area contributed by atoms with Crippen molar-refractivity contribution in [3.8, 4) is 0 Å². The molecule has 0 aromatic heterocycles. The van der Waals surface area contributed by atoms with E-state index in [1.54, 1.807) is 0 Å². The standard InChI is InChI=1S/C12H22N2O4/c1-7(2)10(6-11(15)16)14-12(17)13-9-4-5-18-8(9)3/h7-10H,4-6H2,1-3H3,(H,15,16)(H2,13,14,17). The lowest BCUT2D eigenvalue weighted by Gasteiger charge is -2.23. The summed E-state index contributed by atoms with van der Waals surface area (Å²) in [5, 5.41) is 14.3. The van der Waals surface area contributed by atoms with Gasteiger partial charge < -0.3 is 20.5 Å². The van der Waals surface area contributed by atoms with Crippen LogP contribution in [-0.2, 0) is 9.53 Å². The van der Waals surface area contributed by atoms with E-state index in [9.17, 15) is 9.59 Å². The molecule has 0 aromatic rings. The van der Waals surface area contributed by atoms with Crippen LogP contribution in [0.3, 0.4) is 0 Å². The van der Waals surface area contributed by atoms with Crippen LogP contribution in [0.5, 0.6) is 0 Å². The molecule has 1 fully saturated rings. The zero-order valence-corrected chi connectivity index (χ0v) is 11.1. The number of hydrogen-bond acceptors (Lipinski definition) is 3. The molecule has 1 aliphatic rings. The summed E-state index contributed by atoms with van der Waals surface area (Å²) in [6.45, 7) is 6.33. The zero-order valence-electron chi connectivity index (χ0n) is 11.1. The van der Waals surface area contributed by atoms with Gasteiger partial charge in [0, 0.05) is 12.6 Å². The van der Waals surface area contributed by atoms with Crippen molar-refractivity contribution in [2.24, 2.45) is 5.92 Å². The predicted molar refractivity (Wildman–Crippen MR) is 66.4 cm³/mol. The van der Waals surface area contributed by atoms with Crippen LogP contribution < -0.4 is 10.6 Å². The lowest BCUT2D eigenvalue weighted by Crippen LogP contribution is -2.50. The highest BCUT2D eigenvalue weighted by molar-refractivity contribution is 5.76. The first kappa shape index (κ1) is 14.8. The monoisotopic (exact) mass is 258 g/mol. The number of hydrogen-bond donors (Lipinski definition) is 3. The number of carboxylic acids is 1. The molecule has 104 valence electrons. The van der Waals surface area contributed by atoms with Crippen molar-refractivity contribution in [3.63, 3.8) is 0 Å². The van der Waals surface area contributed by atoms with E-state index < -0.39 is 5.97 Å². The maximum absolute atomic E-state index is 11.8. The predicted octanol–water partition coefficient (Wildman–Crippen LogP) is 0.962. The Hall–Kier alpha value is -1.30. The van der Waals surface area contributed by atoms with Crippen LogP contribution >= 0.6 is 0 Å². The van der Waals surface area contributed by atoms with E-state index in [2.05, 4.69) is 10.6 Å². The Labute approximate surface area is 107 Å². The Morgan fingerprint density at radius 2 is 2.11 bits per heavy atom. The summed E-state index contributed by atoms with van der Waals surface area (Å²) in [6.07, 6.45) is 0.731. The van der Waals surface area contributed by atoms with Gasteiger partial charge in [-0.2, -0.15) is 0 Å². The van der Waals surface area contributed by atoms with Crippen LogP contribution in [0.4, 0.5) is 4.79 Å². The minimum atomic E-state index is -0.911. The number of amides is 2. The fraction of sp³-hybridized carbons (Fsp3) is 0.833. The molecule has 1 aliphatic heterocycles. The molecule has 0 radical (unpaired) electrons. The van der Waals surface area contributed by atoms with Gasteiger partial charge in [0.25, 0.3) is 0 Å². The Morgan fingerprint density at radius 1 is 1.44 bits per heavy atom. The second kappa shape index (κ2) is 6.58. The maximum Gasteiger partial charge on any atom is 0.315 e. The Kier molecular flexibility index (Phi) is 5.40. The summed E-state index contributed by atoms with van der Waals surface area (Å²) in [6, 6.07) is -0.680. The number of ether oxygens (including phenoxy) is 1. The van der Waals surface area contributed by atoms with Crippen LogP contribution in [-0.4, -0.2) is 41.9 Å². The molecule has 1 heterocycles. The van der Waals surface area contributed by atoms with Crippen molar-refractivity contribution in [1.29, 1.82) is 0 Å². The highest BCUT2D eigenvalue weighted by Crippen LogP contribution is 2.12. The van der Waals surface area contributed by atoms with Crippen LogP contribution in [0.2, 0.25) is 0 Å². The lowest BCUT2D eigenvalue weighted by molar-refractivity contribution is -0.137. The van der Waals surface area contributed by atoms with Crippen LogP contribution in [0, 0.1) is 5.92 Å². The first-order valence-corrected chi connectivity index (χ1v) is 6.30. The Bertz CT molecular complexity index is 306. The highest BCUT2D eigenvalue weighted by atomic mass is 16.5. The molecule has 1 saturated heterocycles. The van der Waals surface area contributed by atoms with Crippen LogP contribution in [0.25, 0.3) is 0 Å². The molecule has 2 amide bonds. The molecule has 0 bridgehead atoms. The molecule has 3 atom stereocenters. The SMILES string of the molecule is CC(C)C(CC(=O)O)NC(=O)NC1CCOC1C. The molecule has 6 heteroatoms. The van der Waals surface area contributed by atoms with Gasteiger partial charge in [-0.25, -0.2) is 4.79 Å². The van der Waals surface area contributed by atoms with Crippen molar-refractivity contribution in [2.75, 3.05) is 6.61 Å². The van der Waals surface area contributed by atoms with Crippen LogP contribution in [0.15, 0.2) is 0 Å². The summed E-state index contributed by atoms with van der Waals surface area (Å²) in [4.78, 5) is 22.5. The first-order chi connectivity index (χ1) is 8.40. The van der Waals surface area contributed by atoms with E-state index in [0.717, 1.165) is 6.42 Å². The van der Waals surface area contributed by atoms with Crippen molar-refractivity contribution >= 4 is 12.0 Å². The van der Waals surface area contributed by atoms with E-state index in [1.165, 1.54) is 0 Å². The number of aliphatic carboxylic acids is 1. The number of carboxylic acid groups (broad SMARTS) is 1.